The van der Waals surface area contributed by atoms with E-state index in [4.69, 9.17) is 17.3 Å². The second kappa shape index (κ2) is 6.73. The molecule has 1 aromatic heterocycles. The van der Waals surface area contributed by atoms with Crippen molar-refractivity contribution in [2.75, 3.05) is 17.3 Å². The van der Waals surface area contributed by atoms with E-state index in [0.717, 1.165) is 5.75 Å². The fourth-order valence-corrected chi connectivity index (χ4v) is 1.72. The largest absolute Gasteiger partial charge is 0.320 e. The summed E-state index contributed by atoms with van der Waals surface area (Å²) >= 11 is 7.42. The Hall–Kier alpha value is -0.780. The zero-order valence-electron chi connectivity index (χ0n) is 8.94. The molecular formula is C10H14ClN3OS. The van der Waals surface area contributed by atoms with Crippen LogP contribution in [0.3, 0.4) is 0 Å². The zero-order valence-corrected chi connectivity index (χ0v) is 10.5. The molecule has 88 valence electrons. The van der Waals surface area contributed by atoms with Gasteiger partial charge in [0, 0.05) is 11.2 Å². The van der Waals surface area contributed by atoms with Crippen LogP contribution in [0.5, 0.6) is 0 Å². The standard InChI is InChI=1S/C10H14ClN3OS/c1-16-5-3-8(12)10(15)14-9-6-7(11)2-4-13-9/h2,4,6,8H,3,5,12H2,1H3,(H,13,14,15)/t8-/m1/s1. The molecule has 1 atom stereocenters. The molecule has 0 aliphatic carbocycles. The first kappa shape index (κ1) is 13.3. The SMILES string of the molecule is CSCC[C@@H](N)C(=O)Nc1cc(Cl)ccn1. The number of anilines is 1. The Balaban J connectivity index is 2.50. The molecule has 0 aliphatic rings. The minimum atomic E-state index is -0.506. The highest BCUT2D eigenvalue weighted by molar-refractivity contribution is 7.98. The summed E-state index contributed by atoms with van der Waals surface area (Å²) in [7, 11) is 0. The quantitative estimate of drug-likeness (QED) is 0.846. The van der Waals surface area contributed by atoms with E-state index in [1.807, 2.05) is 6.26 Å². The minimum absolute atomic E-state index is 0.233. The van der Waals surface area contributed by atoms with E-state index in [0.29, 0.717) is 17.3 Å². The summed E-state index contributed by atoms with van der Waals surface area (Å²) < 4.78 is 0. The Bertz CT molecular complexity index is 362. The number of thioether (sulfide) groups is 1. The second-order valence-corrected chi connectivity index (χ2v) is 4.66. The lowest BCUT2D eigenvalue weighted by molar-refractivity contribution is -0.117. The van der Waals surface area contributed by atoms with Crippen LogP contribution < -0.4 is 11.1 Å². The van der Waals surface area contributed by atoms with Crippen molar-refractivity contribution in [2.45, 2.75) is 12.5 Å². The maximum Gasteiger partial charge on any atom is 0.242 e. The molecule has 4 nitrogen and oxygen atoms in total. The molecule has 1 amide bonds. The van der Waals surface area contributed by atoms with Crippen LogP contribution in [0.15, 0.2) is 18.3 Å². The number of pyridine rings is 1. The maximum absolute atomic E-state index is 11.6. The van der Waals surface area contributed by atoms with Gasteiger partial charge in [0.1, 0.15) is 5.82 Å². The predicted octanol–water partition coefficient (Wildman–Crippen LogP) is 1.75. The fourth-order valence-electron chi connectivity index (χ4n) is 1.07. The molecule has 0 spiro atoms. The molecule has 16 heavy (non-hydrogen) atoms. The van der Waals surface area contributed by atoms with Gasteiger partial charge in [0.25, 0.3) is 0 Å². The van der Waals surface area contributed by atoms with Crippen molar-refractivity contribution < 1.29 is 4.79 Å². The van der Waals surface area contributed by atoms with Gasteiger partial charge in [-0.3, -0.25) is 4.79 Å². The van der Waals surface area contributed by atoms with Gasteiger partial charge in [-0.1, -0.05) is 11.6 Å². The Labute approximate surface area is 104 Å². The van der Waals surface area contributed by atoms with Crippen molar-refractivity contribution in [3.63, 3.8) is 0 Å². The lowest BCUT2D eigenvalue weighted by Crippen LogP contribution is -2.36. The molecule has 1 rings (SSSR count). The van der Waals surface area contributed by atoms with E-state index in [1.54, 1.807) is 23.9 Å². The average Bonchev–Trinajstić information content (AvgIpc) is 2.25. The van der Waals surface area contributed by atoms with Crippen molar-refractivity contribution >= 4 is 35.1 Å². The summed E-state index contributed by atoms with van der Waals surface area (Å²) in [5.41, 5.74) is 5.70. The number of halogens is 1. The highest BCUT2D eigenvalue weighted by Crippen LogP contribution is 2.12. The highest BCUT2D eigenvalue weighted by Gasteiger charge is 2.13. The highest BCUT2D eigenvalue weighted by atomic mass is 35.5. The number of carbonyl (C=O) groups excluding carboxylic acids is 1. The van der Waals surface area contributed by atoms with Crippen LogP contribution in [0.2, 0.25) is 5.02 Å². The lowest BCUT2D eigenvalue weighted by atomic mass is 10.2. The van der Waals surface area contributed by atoms with Gasteiger partial charge < -0.3 is 11.1 Å². The van der Waals surface area contributed by atoms with E-state index >= 15 is 0 Å². The van der Waals surface area contributed by atoms with Gasteiger partial charge in [0.15, 0.2) is 0 Å². The van der Waals surface area contributed by atoms with E-state index in [1.165, 1.54) is 6.20 Å². The van der Waals surface area contributed by atoms with Crippen LogP contribution in [-0.2, 0) is 4.79 Å². The fraction of sp³-hybridized carbons (Fsp3) is 0.400. The number of aromatic nitrogens is 1. The number of hydrogen-bond donors (Lipinski definition) is 2. The topological polar surface area (TPSA) is 68.0 Å². The molecule has 6 heteroatoms. The van der Waals surface area contributed by atoms with Gasteiger partial charge in [-0.05, 0) is 30.6 Å². The molecule has 0 bridgehead atoms. The van der Waals surface area contributed by atoms with Gasteiger partial charge in [0.2, 0.25) is 5.91 Å². The van der Waals surface area contributed by atoms with Crippen LogP contribution in [0, 0.1) is 0 Å². The normalized spacial score (nSPS) is 12.2. The smallest absolute Gasteiger partial charge is 0.242 e. The number of rotatable bonds is 5. The van der Waals surface area contributed by atoms with Crippen molar-refractivity contribution in [1.82, 2.24) is 4.98 Å². The van der Waals surface area contributed by atoms with E-state index < -0.39 is 6.04 Å². The number of carbonyl (C=O) groups is 1. The molecule has 0 saturated heterocycles. The lowest BCUT2D eigenvalue weighted by Gasteiger charge is -2.10. The van der Waals surface area contributed by atoms with Crippen LogP contribution in [0.1, 0.15) is 6.42 Å². The first-order valence-corrected chi connectivity index (χ1v) is 6.57. The number of nitrogens with one attached hydrogen (secondary N) is 1. The van der Waals surface area contributed by atoms with Gasteiger partial charge in [0.05, 0.1) is 6.04 Å². The predicted molar refractivity (Wildman–Crippen MR) is 68.9 cm³/mol. The third-order valence-corrected chi connectivity index (χ3v) is 2.82. The van der Waals surface area contributed by atoms with Crippen LogP contribution in [-0.4, -0.2) is 28.9 Å². The molecule has 1 heterocycles. The average molecular weight is 260 g/mol. The Morgan fingerprint density at radius 3 is 3.12 bits per heavy atom. The van der Waals surface area contributed by atoms with E-state index in [9.17, 15) is 4.79 Å². The number of nitrogens with two attached hydrogens (primary N) is 1. The number of nitrogens with zero attached hydrogens (tertiary/aromatic N) is 1. The summed E-state index contributed by atoms with van der Waals surface area (Å²) in [6.07, 6.45) is 4.15. The molecule has 0 aromatic carbocycles. The summed E-state index contributed by atoms with van der Waals surface area (Å²) in [5.74, 6) is 1.05. The van der Waals surface area contributed by atoms with Crippen molar-refractivity contribution in [3.05, 3.63) is 23.4 Å². The van der Waals surface area contributed by atoms with Gasteiger partial charge in [-0.15, -0.1) is 0 Å². The minimum Gasteiger partial charge on any atom is -0.320 e. The Kier molecular flexibility index (Phi) is 5.59. The zero-order chi connectivity index (χ0) is 12.0. The maximum atomic E-state index is 11.6. The van der Waals surface area contributed by atoms with Gasteiger partial charge in [-0.25, -0.2) is 4.98 Å². The van der Waals surface area contributed by atoms with Gasteiger partial charge in [-0.2, -0.15) is 11.8 Å². The van der Waals surface area contributed by atoms with Crippen LogP contribution in [0.25, 0.3) is 0 Å². The molecule has 3 N–H and O–H groups in total. The third kappa shape index (κ3) is 4.38. The van der Waals surface area contributed by atoms with Crippen molar-refractivity contribution in [1.29, 1.82) is 0 Å². The first-order chi connectivity index (χ1) is 7.63. The molecule has 0 fully saturated rings. The summed E-state index contributed by atoms with van der Waals surface area (Å²) in [4.78, 5) is 15.6. The molecule has 0 radical (unpaired) electrons. The third-order valence-electron chi connectivity index (χ3n) is 1.94. The van der Waals surface area contributed by atoms with E-state index in [2.05, 4.69) is 10.3 Å². The number of amides is 1. The van der Waals surface area contributed by atoms with Crippen LogP contribution in [0.4, 0.5) is 5.82 Å². The molecule has 0 unspecified atom stereocenters. The Morgan fingerprint density at radius 2 is 2.50 bits per heavy atom. The van der Waals surface area contributed by atoms with Crippen molar-refractivity contribution in [2.24, 2.45) is 5.73 Å². The van der Waals surface area contributed by atoms with Crippen LogP contribution >= 0.6 is 23.4 Å². The van der Waals surface area contributed by atoms with Crippen molar-refractivity contribution in [3.8, 4) is 0 Å². The molecule has 1 aromatic rings. The molecule has 0 saturated carbocycles. The number of hydrogen-bond acceptors (Lipinski definition) is 4. The monoisotopic (exact) mass is 259 g/mol. The summed E-state index contributed by atoms with van der Waals surface area (Å²) in [6, 6.07) is 2.72. The van der Waals surface area contributed by atoms with E-state index in [-0.39, 0.29) is 5.91 Å². The molecule has 0 aliphatic heterocycles. The second-order valence-electron chi connectivity index (χ2n) is 3.24. The summed E-state index contributed by atoms with van der Waals surface area (Å²) in [5, 5.41) is 3.15. The molecular weight excluding hydrogens is 246 g/mol. The Morgan fingerprint density at radius 1 is 1.75 bits per heavy atom. The summed E-state index contributed by atoms with van der Waals surface area (Å²) in [6.45, 7) is 0. The first-order valence-electron chi connectivity index (χ1n) is 4.80. The van der Waals surface area contributed by atoms with Gasteiger partial charge >= 0.3 is 0 Å².